The van der Waals surface area contributed by atoms with Crippen molar-refractivity contribution in [1.29, 1.82) is 0 Å². The van der Waals surface area contributed by atoms with Crippen LogP contribution in [0.4, 0.5) is 0 Å². The summed E-state index contributed by atoms with van der Waals surface area (Å²) in [4.78, 5) is 0. The van der Waals surface area contributed by atoms with E-state index in [1.807, 2.05) is 18.2 Å². The quantitative estimate of drug-likeness (QED) is 0.784. The third-order valence-electron chi connectivity index (χ3n) is 2.64. The summed E-state index contributed by atoms with van der Waals surface area (Å²) in [6, 6.07) is 7.29. The van der Waals surface area contributed by atoms with E-state index in [-0.39, 0.29) is 12.6 Å². The molecule has 1 unspecified atom stereocenters. The Morgan fingerprint density at radius 3 is 2.72 bits per heavy atom. The number of ether oxygens (including phenoxy) is 2. The van der Waals surface area contributed by atoms with Gasteiger partial charge in [0.1, 0.15) is 17.9 Å². The Bertz CT molecular complexity index is 520. The number of sulfonamides is 1. The number of likely N-dealkylation sites (N-methyl/N-ethyl adjacent to an activating group) is 1. The highest BCUT2D eigenvalue weighted by Gasteiger charge is 2.26. The Labute approximate surface area is 111 Å². The summed E-state index contributed by atoms with van der Waals surface area (Å²) in [5, 5.41) is -0.437. The van der Waals surface area contributed by atoms with Gasteiger partial charge in [-0.2, -0.15) is 0 Å². The van der Waals surface area contributed by atoms with E-state index < -0.39 is 15.2 Å². The van der Waals surface area contributed by atoms with Crippen molar-refractivity contribution in [3.8, 4) is 11.5 Å². The number of hydrogen-bond donors (Lipinski definition) is 0. The fourth-order valence-corrected chi connectivity index (χ4v) is 2.70. The third-order valence-corrected chi connectivity index (χ3v) is 4.84. The van der Waals surface area contributed by atoms with Gasteiger partial charge in [-0.15, -0.1) is 11.6 Å². The second-order valence-corrected chi connectivity index (χ2v) is 6.66. The van der Waals surface area contributed by atoms with Gasteiger partial charge in [0.2, 0.25) is 10.0 Å². The first-order valence-corrected chi connectivity index (χ1v) is 7.56. The molecule has 0 radical (unpaired) electrons. The van der Waals surface area contributed by atoms with Gasteiger partial charge in [0, 0.05) is 7.05 Å². The molecule has 0 aromatic heterocycles. The van der Waals surface area contributed by atoms with Crippen LogP contribution in [0, 0.1) is 0 Å². The number of alkyl halides is 1. The van der Waals surface area contributed by atoms with E-state index in [1.54, 1.807) is 6.07 Å². The third kappa shape index (κ3) is 2.88. The lowest BCUT2D eigenvalue weighted by Crippen LogP contribution is -2.42. The van der Waals surface area contributed by atoms with Gasteiger partial charge in [0.15, 0.2) is 11.5 Å². The predicted octanol–water partition coefficient (Wildman–Crippen LogP) is 1.28. The van der Waals surface area contributed by atoms with Gasteiger partial charge < -0.3 is 9.47 Å². The van der Waals surface area contributed by atoms with Crippen LogP contribution in [-0.2, 0) is 10.0 Å². The molecular weight excluding hydrogens is 278 g/mol. The maximum absolute atomic E-state index is 11.5. The summed E-state index contributed by atoms with van der Waals surface area (Å²) in [5.74, 6) is 1.31. The van der Waals surface area contributed by atoms with Crippen LogP contribution in [0.2, 0.25) is 0 Å². The van der Waals surface area contributed by atoms with Crippen molar-refractivity contribution in [3.05, 3.63) is 24.3 Å². The lowest BCUT2D eigenvalue weighted by molar-refractivity contribution is 0.0799. The van der Waals surface area contributed by atoms with Crippen molar-refractivity contribution in [2.24, 2.45) is 0 Å². The van der Waals surface area contributed by atoms with Gasteiger partial charge in [-0.3, -0.25) is 0 Å². The zero-order valence-corrected chi connectivity index (χ0v) is 11.4. The van der Waals surface area contributed by atoms with E-state index in [4.69, 9.17) is 21.1 Å². The summed E-state index contributed by atoms with van der Waals surface area (Å²) < 4.78 is 35.4. The number of benzene rings is 1. The molecule has 1 atom stereocenters. The fourth-order valence-electron chi connectivity index (χ4n) is 1.64. The van der Waals surface area contributed by atoms with Crippen molar-refractivity contribution in [2.75, 3.05) is 25.4 Å². The summed E-state index contributed by atoms with van der Waals surface area (Å²) in [6.07, 6.45) is -0.331. The molecule has 2 rings (SSSR count). The summed E-state index contributed by atoms with van der Waals surface area (Å²) >= 11 is 5.39. The van der Waals surface area contributed by atoms with Crippen LogP contribution in [0.3, 0.4) is 0 Å². The SMILES string of the molecule is CN(CC1COc2ccccc2O1)S(=O)(=O)CCl. The van der Waals surface area contributed by atoms with Crippen LogP contribution in [0.15, 0.2) is 24.3 Å². The molecule has 0 bridgehead atoms. The minimum atomic E-state index is -3.41. The van der Waals surface area contributed by atoms with Crippen LogP contribution < -0.4 is 9.47 Å². The molecule has 0 fully saturated rings. The average molecular weight is 292 g/mol. The van der Waals surface area contributed by atoms with Crippen LogP contribution in [0.25, 0.3) is 0 Å². The minimum absolute atomic E-state index is 0.212. The van der Waals surface area contributed by atoms with E-state index in [0.29, 0.717) is 18.1 Å². The second kappa shape index (κ2) is 5.34. The number of rotatable bonds is 4. The molecule has 100 valence electrons. The topological polar surface area (TPSA) is 55.8 Å². The van der Waals surface area contributed by atoms with Gasteiger partial charge in [0.25, 0.3) is 0 Å². The first kappa shape index (κ1) is 13.5. The lowest BCUT2D eigenvalue weighted by atomic mass is 10.2. The van der Waals surface area contributed by atoms with E-state index in [2.05, 4.69) is 0 Å². The van der Waals surface area contributed by atoms with Crippen molar-refractivity contribution in [2.45, 2.75) is 6.10 Å². The highest BCUT2D eigenvalue weighted by Crippen LogP contribution is 2.31. The van der Waals surface area contributed by atoms with Crippen molar-refractivity contribution >= 4 is 21.6 Å². The van der Waals surface area contributed by atoms with Crippen molar-refractivity contribution in [1.82, 2.24) is 4.31 Å². The molecule has 1 heterocycles. The van der Waals surface area contributed by atoms with Crippen LogP contribution in [0.5, 0.6) is 11.5 Å². The maximum atomic E-state index is 11.5. The monoisotopic (exact) mass is 291 g/mol. The Kier molecular flexibility index (Phi) is 3.99. The van der Waals surface area contributed by atoms with Crippen LogP contribution in [-0.4, -0.2) is 44.2 Å². The number of fused-ring (bicyclic) bond motifs is 1. The van der Waals surface area contributed by atoms with E-state index in [0.717, 1.165) is 0 Å². The average Bonchev–Trinajstić information content (AvgIpc) is 2.38. The molecular formula is C11H14ClNO4S. The summed E-state index contributed by atoms with van der Waals surface area (Å²) in [5.41, 5.74) is 0. The molecule has 0 aliphatic carbocycles. The van der Waals surface area contributed by atoms with Gasteiger partial charge in [0.05, 0.1) is 6.54 Å². The molecule has 7 heteroatoms. The molecule has 1 aromatic rings. The number of hydrogen-bond acceptors (Lipinski definition) is 4. The van der Waals surface area contributed by atoms with Gasteiger partial charge >= 0.3 is 0 Å². The van der Waals surface area contributed by atoms with Crippen LogP contribution in [0.1, 0.15) is 0 Å². The van der Waals surface area contributed by atoms with Crippen molar-refractivity contribution in [3.63, 3.8) is 0 Å². The van der Waals surface area contributed by atoms with Crippen molar-refractivity contribution < 1.29 is 17.9 Å². The number of para-hydroxylation sites is 2. The summed E-state index contributed by atoms with van der Waals surface area (Å²) in [6.45, 7) is 0.530. The normalized spacial score (nSPS) is 18.9. The summed E-state index contributed by atoms with van der Waals surface area (Å²) in [7, 11) is -1.94. The zero-order chi connectivity index (χ0) is 13.2. The Hall–Kier alpha value is -0.980. The molecule has 0 N–H and O–H groups in total. The molecule has 0 saturated heterocycles. The minimum Gasteiger partial charge on any atom is -0.486 e. The molecule has 1 aliphatic heterocycles. The highest BCUT2D eigenvalue weighted by molar-refractivity contribution is 7.90. The largest absolute Gasteiger partial charge is 0.486 e. The lowest BCUT2D eigenvalue weighted by Gasteiger charge is -2.28. The standard InChI is InChI=1S/C11H14ClNO4S/c1-13(18(14,15)8-12)6-9-7-16-10-4-2-3-5-11(10)17-9/h2-5,9H,6-8H2,1H3. The molecule has 0 amide bonds. The second-order valence-electron chi connectivity index (χ2n) is 4.00. The number of halogens is 1. The Morgan fingerprint density at radius 2 is 2.06 bits per heavy atom. The zero-order valence-electron chi connectivity index (χ0n) is 9.87. The van der Waals surface area contributed by atoms with Gasteiger partial charge in [-0.05, 0) is 12.1 Å². The molecule has 0 saturated carbocycles. The fraction of sp³-hybridized carbons (Fsp3) is 0.455. The van der Waals surface area contributed by atoms with Crippen LogP contribution >= 0.6 is 11.6 Å². The molecule has 0 spiro atoms. The molecule has 1 aromatic carbocycles. The molecule has 1 aliphatic rings. The molecule has 5 nitrogen and oxygen atoms in total. The van der Waals surface area contributed by atoms with E-state index in [9.17, 15) is 8.42 Å². The molecule has 18 heavy (non-hydrogen) atoms. The Balaban J connectivity index is 2.02. The maximum Gasteiger partial charge on any atom is 0.228 e. The smallest absolute Gasteiger partial charge is 0.228 e. The van der Waals surface area contributed by atoms with Gasteiger partial charge in [-0.25, -0.2) is 12.7 Å². The predicted molar refractivity (Wildman–Crippen MR) is 68.6 cm³/mol. The van der Waals surface area contributed by atoms with E-state index in [1.165, 1.54) is 11.4 Å². The Morgan fingerprint density at radius 1 is 1.39 bits per heavy atom. The first-order chi connectivity index (χ1) is 8.53. The highest BCUT2D eigenvalue weighted by atomic mass is 35.5. The van der Waals surface area contributed by atoms with Gasteiger partial charge in [-0.1, -0.05) is 12.1 Å². The van der Waals surface area contributed by atoms with E-state index >= 15 is 0 Å². The number of nitrogens with zero attached hydrogens (tertiary/aromatic N) is 1. The first-order valence-electron chi connectivity index (χ1n) is 5.41.